The zero-order valence-corrected chi connectivity index (χ0v) is 10.5. The van der Waals surface area contributed by atoms with Gasteiger partial charge in [0, 0.05) is 18.9 Å². The molecule has 0 spiro atoms. The van der Waals surface area contributed by atoms with E-state index in [4.69, 9.17) is 5.73 Å². The second-order valence-corrected chi connectivity index (χ2v) is 6.14. The highest BCUT2D eigenvalue weighted by Crippen LogP contribution is 2.22. The van der Waals surface area contributed by atoms with Crippen LogP contribution in [-0.2, 0) is 16.6 Å². The second kappa shape index (κ2) is 4.82. The van der Waals surface area contributed by atoms with Crippen molar-refractivity contribution >= 4 is 27.0 Å². The highest BCUT2D eigenvalue weighted by atomic mass is 32.2. The molecule has 0 aliphatic rings. The fourth-order valence-corrected chi connectivity index (χ4v) is 3.51. The molecule has 5 nitrogen and oxygen atoms in total. The number of nitrogens with two attached hydrogens (primary N) is 1. The first kappa shape index (κ1) is 12.0. The fraction of sp³-hybridized carbons (Fsp3) is 0.100. The largest absolute Gasteiger partial charge is 0.326 e. The van der Waals surface area contributed by atoms with Gasteiger partial charge in [-0.1, -0.05) is 0 Å². The van der Waals surface area contributed by atoms with Gasteiger partial charge in [0.25, 0.3) is 10.0 Å². The summed E-state index contributed by atoms with van der Waals surface area (Å²) >= 11 is 1.15. The Hall–Kier alpha value is -1.44. The van der Waals surface area contributed by atoms with Crippen molar-refractivity contribution in [1.82, 2.24) is 4.98 Å². The van der Waals surface area contributed by atoms with Gasteiger partial charge in [-0.25, -0.2) is 8.42 Å². The summed E-state index contributed by atoms with van der Waals surface area (Å²) < 4.78 is 26.7. The molecule has 2 aromatic heterocycles. The lowest BCUT2D eigenvalue weighted by Gasteiger charge is -2.04. The molecule has 0 bridgehead atoms. The van der Waals surface area contributed by atoms with Gasteiger partial charge in [-0.3, -0.25) is 9.71 Å². The number of hydrogen-bond donors (Lipinski definition) is 2. The van der Waals surface area contributed by atoms with Crippen molar-refractivity contribution in [1.29, 1.82) is 0 Å². The molecule has 2 rings (SSSR count). The minimum atomic E-state index is -3.52. The number of pyridine rings is 1. The summed E-state index contributed by atoms with van der Waals surface area (Å²) in [5, 5.41) is 1.74. The van der Waals surface area contributed by atoms with Crippen molar-refractivity contribution < 1.29 is 8.42 Å². The molecule has 0 aromatic carbocycles. The zero-order chi connectivity index (χ0) is 12.3. The Labute approximate surface area is 103 Å². The molecule has 3 N–H and O–H groups in total. The van der Waals surface area contributed by atoms with E-state index in [0.717, 1.165) is 16.9 Å². The van der Waals surface area contributed by atoms with Crippen LogP contribution >= 0.6 is 11.3 Å². The van der Waals surface area contributed by atoms with E-state index in [1.165, 1.54) is 12.4 Å². The van der Waals surface area contributed by atoms with Crippen molar-refractivity contribution in [2.75, 3.05) is 4.72 Å². The van der Waals surface area contributed by atoms with Gasteiger partial charge >= 0.3 is 0 Å². The van der Waals surface area contributed by atoms with Crippen LogP contribution in [0.3, 0.4) is 0 Å². The van der Waals surface area contributed by atoms with Gasteiger partial charge in [-0.05, 0) is 29.1 Å². The van der Waals surface area contributed by atoms with Gasteiger partial charge in [-0.15, -0.1) is 11.3 Å². The molecule has 0 saturated heterocycles. The number of aromatic nitrogens is 1. The van der Waals surface area contributed by atoms with E-state index in [1.54, 1.807) is 23.6 Å². The smallest absolute Gasteiger partial charge is 0.271 e. The molecule has 90 valence electrons. The second-order valence-electron chi connectivity index (χ2n) is 3.32. The van der Waals surface area contributed by atoms with Crippen molar-refractivity contribution in [2.45, 2.75) is 10.8 Å². The average Bonchev–Trinajstić information content (AvgIpc) is 2.79. The number of thiophene rings is 1. The third-order valence-electron chi connectivity index (χ3n) is 2.06. The molecule has 0 radical (unpaired) electrons. The summed E-state index contributed by atoms with van der Waals surface area (Å²) in [6.07, 6.45) is 3.05. The Morgan fingerprint density at radius 2 is 2.06 bits per heavy atom. The number of nitrogens with zero attached hydrogens (tertiary/aromatic N) is 1. The summed E-state index contributed by atoms with van der Waals surface area (Å²) in [5.41, 5.74) is 6.74. The Bertz CT molecular complexity index is 593. The molecule has 0 saturated carbocycles. The van der Waals surface area contributed by atoms with Gasteiger partial charge in [0.2, 0.25) is 0 Å². The molecule has 17 heavy (non-hydrogen) atoms. The Morgan fingerprint density at radius 1 is 1.35 bits per heavy atom. The van der Waals surface area contributed by atoms with Gasteiger partial charge in [0.1, 0.15) is 4.21 Å². The fourth-order valence-electron chi connectivity index (χ4n) is 1.23. The lowest BCUT2D eigenvalue weighted by atomic mass is 10.4. The number of rotatable bonds is 4. The molecular weight excluding hydrogens is 258 g/mol. The minimum absolute atomic E-state index is 0.259. The molecule has 2 heterocycles. The first-order valence-corrected chi connectivity index (χ1v) is 7.18. The van der Waals surface area contributed by atoms with Crippen LogP contribution in [0.25, 0.3) is 0 Å². The maximum Gasteiger partial charge on any atom is 0.271 e. The van der Waals surface area contributed by atoms with Gasteiger partial charge < -0.3 is 5.73 Å². The molecular formula is C10H11N3O2S2. The van der Waals surface area contributed by atoms with Crippen LogP contribution in [0.2, 0.25) is 0 Å². The SMILES string of the molecule is NCc1csc(S(=O)(=O)Nc2ccncc2)c1. The normalized spacial score (nSPS) is 11.4. The minimum Gasteiger partial charge on any atom is -0.326 e. The van der Waals surface area contributed by atoms with E-state index in [0.29, 0.717) is 12.2 Å². The molecule has 0 unspecified atom stereocenters. The average molecular weight is 269 g/mol. The van der Waals surface area contributed by atoms with Gasteiger partial charge in [-0.2, -0.15) is 0 Å². The van der Waals surface area contributed by atoms with Crippen LogP contribution in [-0.4, -0.2) is 13.4 Å². The van der Waals surface area contributed by atoms with Gasteiger partial charge in [0.15, 0.2) is 0 Å². The zero-order valence-electron chi connectivity index (χ0n) is 8.83. The molecule has 0 fully saturated rings. The van der Waals surface area contributed by atoms with E-state index in [-0.39, 0.29) is 4.21 Å². The number of nitrogens with one attached hydrogen (secondary N) is 1. The predicted molar refractivity (Wildman–Crippen MR) is 67.3 cm³/mol. The summed E-state index contributed by atoms with van der Waals surface area (Å²) in [6.45, 7) is 0.335. The number of hydrogen-bond acceptors (Lipinski definition) is 5. The molecule has 0 amide bonds. The van der Waals surface area contributed by atoms with E-state index in [1.807, 2.05) is 0 Å². The monoisotopic (exact) mass is 269 g/mol. The highest BCUT2D eigenvalue weighted by Gasteiger charge is 2.16. The summed E-state index contributed by atoms with van der Waals surface area (Å²) in [7, 11) is -3.52. The maximum atomic E-state index is 12.0. The molecule has 7 heteroatoms. The standard InChI is InChI=1S/C10H11N3O2S2/c11-6-8-5-10(16-7-8)17(14,15)13-9-1-3-12-4-2-9/h1-5,7H,6,11H2,(H,12,13). The predicted octanol–water partition coefficient (Wildman–Crippen LogP) is 1.40. The maximum absolute atomic E-state index is 12.0. The summed E-state index contributed by atoms with van der Waals surface area (Å²) in [5.74, 6) is 0. The lowest BCUT2D eigenvalue weighted by molar-refractivity contribution is 0.603. The Morgan fingerprint density at radius 3 is 2.65 bits per heavy atom. The lowest BCUT2D eigenvalue weighted by Crippen LogP contribution is -2.11. The van der Waals surface area contributed by atoms with E-state index >= 15 is 0 Å². The molecule has 2 aromatic rings. The number of anilines is 1. The van der Waals surface area contributed by atoms with E-state index < -0.39 is 10.0 Å². The first-order valence-electron chi connectivity index (χ1n) is 4.82. The van der Waals surface area contributed by atoms with E-state index in [2.05, 4.69) is 9.71 Å². The summed E-state index contributed by atoms with van der Waals surface area (Å²) in [4.78, 5) is 3.82. The highest BCUT2D eigenvalue weighted by molar-refractivity contribution is 7.94. The number of sulfonamides is 1. The van der Waals surface area contributed by atoms with Crippen LogP contribution < -0.4 is 10.5 Å². The quantitative estimate of drug-likeness (QED) is 0.878. The Kier molecular flexibility index (Phi) is 3.41. The van der Waals surface area contributed by atoms with Crippen molar-refractivity contribution in [3.05, 3.63) is 41.5 Å². The molecule has 0 aliphatic carbocycles. The molecule has 0 atom stereocenters. The van der Waals surface area contributed by atoms with Crippen LogP contribution in [0, 0.1) is 0 Å². The van der Waals surface area contributed by atoms with Crippen LogP contribution in [0.1, 0.15) is 5.56 Å². The topological polar surface area (TPSA) is 85.1 Å². The van der Waals surface area contributed by atoms with Crippen LogP contribution in [0.15, 0.2) is 40.2 Å². The third-order valence-corrected chi connectivity index (χ3v) is 4.93. The first-order chi connectivity index (χ1) is 8.12. The van der Waals surface area contributed by atoms with Crippen molar-refractivity contribution in [3.63, 3.8) is 0 Å². The van der Waals surface area contributed by atoms with E-state index in [9.17, 15) is 8.42 Å². The third kappa shape index (κ3) is 2.82. The Balaban J connectivity index is 2.25. The van der Waals surface area contributed by atoms with Crippen molar-refractivity contribution in [3.8, 4) is 0 Å². The summed E-state index contributed by atoms with van der Waals surface area (Å²) in [6, 6.07) is 4.76. The van der Waals surface area contributed by atoms with Gasteiger partial charge in [0.05, 0.1) is 5.69 Å². The van der Waals surface area contributed by atoms with Crippen molar-refractivity contribution in [2.24, 2.45) is 5.73 Å². The van der Waals surface area contributed by atoms with Crippen LogP contribution in [0.4, 0.5) is 5.69 Å². The van der Waals surface area contributed by atoms with Crippen LogP contribution in [0.5, 0.6) is 0 Å². The molecule has 0 aliphatic heterocycles.